The van der Waals surface area contributed by atoms with Crippen molar-refractivity contribution in [2.75, 3.05) is 13.1 Å². The molecule has 440 valence electrons. The Morgan fingerprint density at radius 3 is 1.42 bits per heavy atom. The summed E-state index contributed by atoms with van der Waals surface area (Å²) in [6, 6.07) is 1.50. The van der Waals surface area contributed by atoms with Crippen molar-refractivity contribution in [1.29, 1.82) is 0 Å². The number of ketones is 1. The lowest BCUT2D eigenvalue weighted by Gasteiger charge is -2.24. The molecular weight excluding hydrogens is 995 g/mol. The molecule has 0 unspecified atom stereocenters. The van der Waals surface area contributed by atoms with Gasteiger partial charge >= 0.3 is 11.9 Å². The zero-order chi connectivity index (χ0) is 57.2. The maximum absolute atomic E-state index is 13.8. The monoisotopic (exact) mass is 1090 g/mol. The number of para-hydroxylation sites is 1. The van der Waals surface area contributed by atoms with E-state index in [2.05, 4.69) is 50.7 Å². The first-order valence-electron chi connectivity index (χ1n) is 29.9. The van der Waals surface area contributed by atoms with Crippen molar-refractivity contribution in [3.05, 3.63) is 36.0 Å². The number of amides is 6. The lowest BCUT2D eigenvalue weighted by Crippen LogP contribution is -2.57. The van der Waals surface area contributed by atoms with E-state index in [1.807, 2.05) is 0 Å². The van der Waals surface area contributed by atoms with Crippen molar-refractivity contribution < 1.29 is 53.4 Å². The summed E-state index contributed by atoms with van der Waals surface area (Å²) in [6.07, 6.45) is 32.7. The quantitative estimate of drug-likeness (QED) is 0.0281. The van der Waals surface area contributed by atoms with Crippen LogP contribution in [0.4, 0.5) is 0 Å². The van der Waals surface area contributed by atoms with E-state index in [-0.39, 0.29) is 31.1 Å². The van der Waals surface area contributed by atoms with Crippen molar-refractivity contribution in [3.8, 4) is 0 Å². The molecule has 18 nitrogen and oxygen atoms in total. The van der Waals surface area contributed by atoms with Gasteiger partial charge in [-0.1, -0.05) is 186 Å². The Kier molecular flexibility index (Phi) is 37.8. The standard InChI is InChI=1S/C60H99N7O11/c1-4-6-8-10-12-14-16-18-20-22-24-26-28-37-53(69)61-39-33-32-36-49(64-54(70)38-29-27-25-23-21-19-17-15-13-11-9-7-5-2)58(76)63-44-55(71)65-52(42-57(74)75)60(78)67-51(59(77)66-50(45(3)68)41-56(72)73)40-46-43-62-48-35-31-30-34-47(46)48/h30-31,34-35,43,49-52,62H,4-29,32-33,36-42,44H2,1-3H3,(H,61,69)(H,63,76)(H,64,70)(H,65,71)(H,66,77)(H,67,78)(H,72,73)(H,74,75)/t49-,50-,51-,52-/m0/s1. The number of carbonyl (C=O) groups is 9. The summed E-state index contributed by atoms with van der Waals surface area (Å²) < 4.78 is 0. The molecule has 1 heterocycles. The second kappa shape index (κ2) is 43.1. The first kappa shape index (κ1) is 68.3. The molecule has 0 aliphatic rings. The van der Waals surface area contributed by atoms with Crippen molar-refractivity contribution in [3.63, 3.8) is 0 Å². The van der Waals surface area contributed by atoms with Crippen molar-refractivity contribution >= 4 is 64.1 Å². The average Bonchev–Trinajstić information content (AvgIpc) is 3.82. The van der Waals surface area contributed by atoms with Crippen LogP contribution in [-0.2, 0) is 49.6 Å². The molecule has 2 rings (SSSR count). The number of fused-ring (bicyclic) bond motifs is 1. The number of rotatable bonds is 49. The number of aromatic nitrogens is 1. The molecular formula is C60H99N7O11. The average molecular weight is 1090 g/mol. The summed E-state index contributed by atoms with van der Waals surface area (Å²) in [4.78, 5) is 119. The van der Waals surface area contributed by atoms with Gasteiger partial charge in [-0.15, -0.1) is 0 Å². The first-order valence-corrected chi connectivity index (χ1v) is 29.9. The van der Waals surface area contributed by atoms with Crippen molar-refractivity contribution in [2.45, 2.75) is 263 Å². The number of carboxylic acids is 2. The van der Waals surface area contributed by atoms with Crippen molar-refractivity contribution in [1.82, 2.24) is 36.9 Å². The van der Waals surface area contributed by atoms with Crippen LogP contribution in [0.3, 0.4) is 0 Å². The fourth-order valence-corrected chi connectivity index (χ4v) is 9.60. The van der Waals surface area contributed by atoms with Crippen LogP contribution in [0.2, 0.25) is 0 Å². The van der Waals surface area contributed by atoms with E-state index in [4.69, 9.17) is 0 Å². The molecule has 78 heavy (non-hydrogen) atoms. The van der Waals surface area contributed by atoms with Gasteiger partial charge in [0.05, 0.1) is 25.4 Å². The predicted octanol–water partition coefficient (Wildman–Crippen LogP) is 9.55. The lowest BCUT2D eigenvalue weighted by atomic mass is 10.0. The molecule has 1 aromatic heterocycles. The number of H-pyrrole nitrogens is 1. The van der Waals surface area contributed by atoms with E-state index < -0.39 is 84.9 Å². The Bertz CT molecular complexity index is 2080. The van der Waals surface area contributed by atoms with Crippen LogP contribution in [0.25, 0.3) is 10.9 Å². The molecule has 0 fully saturated rings. The Hall–Kier alpha value is -5.81. The van der Waals surface area contributed by atoms with Crippen LogP contribution in [0.1, 0.15) is 238 Å². The maximum atomic E-state index is 13.8. The summed E-state index contributed by atoms with van der Waals surface area (Å²) >= 11 is 0. The predicted molar refractivity (Wildman–Crippen MR) is 305 cm³/mol. The highest BCUT2D eigenvalue weighted by Crippen LogP contribution is 2.20. The summed E-state index contributed by atoms with van der Waals surface area (Å²) in [5, 5.41) is 35.3. The lowest BCUT2D eigenvalue weighted by molar-refractivity contribution is -0.141. The van der Waals surface area contributed by atoms with Crippen LogP contribution in [0.15, 0.2) is 30.5 Å². The van der Waals surface area contributed by atoms with Gasteiger partial charge < -0.3 is 47.1 Å². The van der Waals surface area contributed by atoms with Gasteiger partial charge in [0, 0.05) is 42.9 Å². The molecule has 2 aromatic rings. The topological polar surface area (TPSA) is 282 Å². The fourth-order valence-electron chi connectivity index (χ4n) is 9.60. The molecule has 0 aliphatic carbocycles. The number of Topliss-reactive ketones (excluding diaryl/α,β-unsaturated/α-hetero) is 1. The number of aromatic amines is 1. The Morgan fingerprint density at radius 1 is 0.462 bits per heavy atom. The van der Waals surface area contributed by atoms with Crippen LogP contribution in [0, 0.1) is 0 Å². The Balaban J connectivity index is 1.99. The highest BCUT2D eigenvalue weighted by atomic mass is 16.4. The Morgan fingerprint density at radius 2 is 0.910 bits per heavy atom. The zero-order valence-electron chi connectivity index (χ0n) is 47.7. The molecule has 0 radical (unpaired) electrons. The van der Waals surface area contributed by atoms with Crippen LogP contribution < -0.4 is 31.9 Å². The summed E-state index contributed by atoms with van der Waals surface area (Å²) in [7, 11) is 0. The van der Waals surface area contributed by atoms with Gasteiger partial charge in [-0.2, -0.15) is 0 Å². The molecule has 0 saturated heterocycles. The number of hydrogen-bond acceptors (Lipinski definition) is 9. The SMILES string of the molecule is CCCCCCCCCCCCCCCC(=O)NCCCC[C@H](NC(=O)CCCCCCCCCCCCCCC)C(=O)NCC(=O)N[C@@H](CC(=O)O)C(=O)N[C@@H](Cc1c[nH]c2ccccc12)C(=O)N[C@@H](CC(=O)O)C(C)=O. The molecule has 9 N–H and O–H groups in total. The molecule has 0 spiro atoms. The zero-order valence-corrected chi connectivity index (χ0v) is 47.7. The molecule has 18 heteroatoms. The normalized spacial score (nSPS) is 12.7. The summed E-state index contributed by atoms with van der Waals surface area (Å²) in [6.45, 7) is 5.29. The highest BCUT2D eigenvalue weighted by Gasteiger charge is 2.32. The molecule has 1 aromatic carbocycles. The molecule has 0 bridgehead atoms. The maximum Gasteiger partial charge on any atom is 0.305 e. The van der Waals surface area contributed by atoms with Gasteiger partial charge in [-0.05, 0) is 50.7 Å². The minimum Gasteiger partial charge on any atom is -0.481 e. The summed E-state index contributed by atoms with van der Waals surface area (Å²) in [5.74, 6) is -7.36. The molecule has 6 amide bonds. The van der Waals surface area contributed by atoms with Crippen LogP contribution in [0.5, 0.6) is 0 Å². The van der Waals surface area contributed by atoms with E-state index >= 15 is 0 Å². The minimum absolute atomic E-state index is 0.0233. The minimum atomic E-state index is -1.73. The number of carboxylic acid groups (broad SMARTS) is 2. The van der Waals surface area contributed by atoms with Crippen LogP contribution >= 0.6 is 0 Å². The summed E-state index contributed by atoms with van der Waals surface area (Å²) in [5.41, 5.74) is 1.29. The second-order valence-corrected chi connectivity index (χ2v) is 21.3. The van der Waals surface area contributed by atoms with Crippen molar-refractivity contribution in [2.24, 2.45) is 0 Å². The third-order valence-corrected chi connectivity index (χ3v) is 14.3. The number of carbonyl (C=O) groups excluding carboxylic acids is 7. The fraction of sp³-hybridized carbons (Fsp3) is 0.717. The first-order chi connectivity index (χ1) is 37.6. The van der Waals surface area contributed by atoms with Crippen LogP contribution in [-0.4, -0.2) is 106 Å². The number of aliphatic carboxylic acids is 2. The highest BCUT2D eigenvalue weighted by molar-refractivity contribution is 5.97. The van der Waals surface area contributed by atoms with E-state index in [9.17, 15) is 53.4 Å². The molecule has 0 aliphatic heterocycles. The number of unbranched alkanes of at least 4 members (excludes halogenated alkanes) is 25. The van der Waals surface area contributed by atoms with Gasteiger partial charge in [-0.25, -0.2) is 0 Å². The molecule has 4 atom stereocenters. The van der Waals surface area contributed by atoms with Gasteiger partial charge in [0.15, 0.2) is 5.78 Å². The largest absolute Gasteiger partial charge is 0.481 e. The van der Waals surface area contributed by atoms with Gasteiger partial charge in [0.25, 0.3) is 0 Å². The third kappa shape index (κ3) is 32.8. The van der Waals surface area contributed by atoms with E-state index in [1.165, 1.54) is 122 Å². The van der Waals surface area contributed by atoms with Gasteiger partial charge in [0.1, 0.15) is 18.1 Å². The van der Waals surface area contributed by atoms with Gasteiger partial charge in [-0.3, -0.25) is 43.2 Å². The van der Waals surface area contributed by atoms with E-state index in [1.54, 1.807) is 30.5 Å². The second-order valence-electron chi connectivity index (χ2n) is 21.3. The Labute approximate surface area is 465 Å². The smallest absolute Gasteiger partial charge is 0.305 e. The van der Waals surface area contributed by atoms with Gasteiger partial charge in [0.2, 0.25) is 35.4 Å². The number of hydrogen-bond donors (Lipinski definition) is 9. The third-order valence-electron chi connectivity index (χ3n) is 14.3. The van der Waals surface area contributed by atoms with E-state index in [0.717, 1.165) is 51.0 Å². The molecule has 0 saturated carbocycles. The number of benzene rings is 1. The number of nitrogens with one attached hydrogen (secondary N) is 7. The van der Waals surface area contributed by atoms with E-state index in [0.29, 0.717) is 43.2 Å².